The molecule has 106 valence electrons. The molecule has 5 heteroatoms. The number of carbonyl (C=O) groups excluding carboxylic acids is 1. The minimum Gasteiger partial charge on any atom is -0.481 e. The topological polar surface area (TPSA) is 66.8 Å². The zero-order valence-electron chi connectivity index (χ0n) is 11.1. The second-order valence-electron chi connectivity index (χ2n) is 6.19. The Bertz CT molecular complexity index is 391. The number of hydrogen-bond donors (Lipinski definition) is 1. The Morgan fingerprint density at radius 2 is 1.95 bits per heavy atom. The van der Waals surface area contributed by atoms with Crippen LogP contribution in [0.25, 0.3) is 0 Å². The summed E-state index contributed by atoms with van der Waals surface area (Å²) in [7, 11) is 0. The molecule has 0 aromatic rings. The van der Waals surface area contributed by atoms with Crippen LogP contribution >= 0.6 is 0 Å². The minimum atomic E-state index is -0.757. The molecule has 5 nitrogen and oxygen atoms in total. The highest BCUT2D eigenvalue weighted by atomic mass is 16.5. The number of nitrogens with zero attached hydrogens (tertiary/aromatic N) is 1. The molecule has 1 N–H and O–H groups in total. The molecule has 0 radical (unpaired) electrons. The molecule has 2 aliphatic carbocycles. The maximum atomic E-state index is 12.5. The lowest BCUT2D eigenvalue weighted by Gasteiger charge is -2.48. The fourth-order valence-corrected chi connectivity index (χ4v) is 3.59. The van der Waals surface area contributed by atoms with Gasteiger partial charge in [0.05, 0.1) is 18.1 Å². The Morgan fingerprint density at radius 3 is 2.53 bits per heavy atom. The average Bonchev–Trinajstić information content (AvgIpc) is 2.86. The molecule has 1 aliphatic heterocycles. The Balaban J connectivity index is 1.59. The van der Waals surface area contributed by atoms with Crippen molar-refractivity contribution in [2.24, 2.45) is 11.8 Å². The molecule has 0 aromatic carbocycles. The van der Waals surface area contributed by atoms with Crippen molar-refractivity contribution in [1.29, 1.82) is 0 Å². The van der Waals surface area contributed by atoms with Crippen molar-refractivity contribution in [3.8, 4) is 0 Å². The Hall–Kier alpha value is -1.10. The van der Waals surface area contributed by atoms with Crippen LogP contribution in [0.2, 0.25) is 0 Å². The van der Waals surface area contributed by atoms with Crippen LogP contribution in [0.3, 0.4) is 0 Å². The van der Waals surface area contributed by atoms with Gasteiger partial charge in [0, 0.05) is 19.0 Å². The lowest BCUT2D eigenvalue weighted by Crippen LogP contribution is -2.57. The molecule has 3 rings (SSSR count). The standard InChI is InChI=1S/C14H21NO4/c16-12(10-2-3-11(8-10)13(17)18)15-6-7-19-14(9-15)4-1-5-14/h10-11H,1-9H2,(H,17,18)/t10-,11+/m0/s1. The molecule has 2 saturated carbocycles. The quantitative estimate of drug-likeness (QED) is 0.818. The summed E-state index contributed by atoms with van der Waals surface area (Å²) in [6.45, 7) is 2.00. The average molecular weight is 267 g/mol. The monoisotopic (exact) mass is 267 g/mol. The normalized spacial score (nSPS) is 33.2. The molecule has 3 aliphatic rings. The number of carbonyl (C=O) groups is 2. The van der Waals surface area contributed by atoms with E-state index >= 15 is 0 Å². The molecule has 1 spiro atoms. The van der Waals surface area contributed by atoms with Gasteiger partial charge in [-0.1, -0.05) is 0 Å². The molecule has 3 fully saturated rings. The Kier molecular flexibility index (Phi) is 3.25. The summed E-state index contributed by atoms with van der Waals surface area (Å²) >= 11 is 0. The van der Waals surface area contributed by atoms with Gasteiger partial charge in [-0.3, -0.25) is 9.59 Å². The summed E-state index contributed by atoms with van der Waals surface area (Å²) in [6.07, 6.45) is 5.17. The van der Waals surface area contributed by atoms with E-state index in [9.17, 15) is 9.59 Å². The van der Waals surface area contributed by atoms with Gasteiger partial charge in [-0.05, 0) is 38.5 Å². The van der Waals surface area contributed by atoms with E-state index in [0.29, 0.717) is 32.5 Å². The summed E-state index contributed by atoms with van der Waals surface area (Å²) in [4.78, 5) is 25.3. The highest BCUT2D eigenvalue weighted by Crippen LogP contribution is 2.39. The third-order valence-electron chi connectivity index (χ3n) is 4.96. The molecule has 19 heavy (non-hydrogen) atoms. The first kappa shape index (κ1) is 12.9. The van der Waals surface area contributed by atoms with E-state index in [-0.39, 0.29) is 23.3 Å². The van der Waals surface area contributed by atoms with E-state index in [1.165, 1.54) is 6.42 Å². The Morgan fingerprint density at radius 1 is 1.21 bits per heavy atom. The van der Waals surface area contributed by atoms with Gasteiger partial charge in [0.25, 0.3) is 0 Å². The van der Waals surface area contributed by atoms with Crippen molar-refractivity contribution in [2.45, 2.75) is 44.1 Å². The highest BCUT2D eigenvalue weighted by Gasteiger charge is 2.45. The molecule has 0 unspecified atom stereocenters. The van der Waals surface area contributed by atoms with Crippen molar-refractivity contribution >= 4 is 11.9 Å². The van der Waals surface area contributed by atoms with E-state index < -0.39 is 5.97 Å². The largest absolute Gasteiger partial charge is 0.481 e. The lowest BCUT2D eigenvalue weighted by atomic mass is 9.78. The fourth-order valence-electron chi connectivity index (χ4n) is 3.59. The molecular weight excluding hydrogens is 246 g/mol. The second kappa shape index (κ2) is 4.78. The van der Waals surface area contributed by atoms with Gasteiger partial charge in [-0.2, -0.15) is 0 Å². The molecule has 1 heterocycles. The number of ether oxygens (including phenoxy) is 1. The smallest absolute Gasteiger partial charge is 0.306 e. The summed E-state index contributed by atoms with van der Waals surface area (Å²) < 4.78 is 5.82. The first-order valence-electron chi connectivity index (χ1n) is 7.25. The highest BCUT2D eigenvalue weighted by molar-refractivity contribution is 5.81. The van der Waals surface area contributed by atoms with Crippen molar-refractivity contribution < 1.29 is 19.4 Å². The van der Waals surface area contributed by atoms with Gasteiger partial charge >= 0.3 is 5.97 Å². The summed E-state index contributed by atoms with van der Waals surface area (Å²) in [5.74, 6) is -1.02. The second-order valence-corrected chi connectivity index (χ2v) is 6.19. The number of carboxylic acid groups (broad SMARTS) is 1. The predicted molar refractivity (Wildman–Crippen MR) is 67.6 cm³/mol. The SMILES string of the molecule is O=C(O)[C@@H]1CC[C@H](C(=O)N2CCOC3(CCC3)C2)C1. The predicted octanol–water partition coefficient (Wildman–Crippen LogP) is 1.27. The van der Waals surface area contributed by atoms with Gasteiger partial charge in [0.2, 0.25) is 5.91 Å². The molecule has 1 saturated heterocycles. The minimum absolute atomic E-state index is 0.0707. The molecular formula is C14H21NO4. The molecule has 1 amide bonds. The maximum Gasteiger partial charge on any atom is 0.306 e. The third-order valence-corrected chi connectivity index (χ3v) is 4.96. The van der Waals surface area contributed by atoms with Crippen molar-refractivity contribution in [1.82, 2.24) is 4.90 Å². The number of aliphatic carboxylic acids is 1. The van der Waals surface area contributed by atoms with Crippen LogP contribution in [0, 0.1) is 11.8 Å². The number of hydrogen-bond acceptors (Lipinski definition) is 3. The zero-order valence-corrected chi connectivity index (χ0v) is 11.1. The van der Waals surface area contributed by atoms with Crippen LogP contribution in [0.1, 0.15) is 38.5 Å². The Labute approximate surface area is 112 Å². The number of carboxylic acids is 1. The number of amides is 1. The summed E-state index contributed by atoms with van der Waals surface area (Å²) in [6, 6.07) is 0. The van der Waals surface area contributed by atoms with Crippen LogP contribution in [-0.2, 0) is 14.3 Å². The van der Waals surface area contributed by atoms with Crippen molar-refractivity contribution in [3.63, 3.8) is 0 Å². The maximum absolute atomic E-state index is 12.5. The van der Waals surface area contributed by atoms with Gasteiger partial charge in [0.15, 0.2) is 0 Å². The van der Waals surface area contributed by atoms with Crippen LogP contribution in [0.5, 0.6) is 0 Å². The van der Waals surface area contributed by atoms with Gasteiger partial charge < -0.3 is 14.7 Å². The van der Waals surface area contributed by atoms with Crippen molar-refractivity contribution in [2.75, 3.05) is 19.7 Å². The van der Waals surface area contributed by atoms with Crippen LogP contribution in [-0.4, -0.2) is 47.2 Å². The molecule has 0 aromatic heterocycles. The number of rotatable bonds is 2. The summed E-state index contributed by atoms with van der Waals surface area (Å²) in [5.41, 5.74) is -0.0707. The van der Waals surface area contributed by atoms with Crippen molar-refractivity contribution in [3.05, 3.63) is 0 Å². The fraction of sp³-hybridized carbons (Fsp3) is 0.857. The molecule has 0 bridgehead atoms. The van der Waals surface area contributed by atoms with Gasteiger partial charge in [-0.25, -0.2) is 0 Å². The van der Waals surface area contributed by atoms with Crippen LogP contribution in [0.4, 0.5) is 0 Å². The van der Waals surface area contributed by atoms with E-state index in [4.69, 9.17) is 9.84 Å². The van der Waals surface area contributed by atoms with Gasteiger partial charge in [-0.15, -0.1) is 0 Å². The van der Waals surface area contributed by atoms with E-state index in [2.05, 4.69) is 0 Å². The van der Waals surface area contributed by atoms with E-state index in [0.717, 1.165) is 19.3 Å². The third kappa shape index (κ3) is 2.36. The zero-order chi connectivity index (χ0) is 13.5. The van der Waals surface area contributed by atoms with Gasteiger partial charge in [0.1, 0.15) is 0 Å². The summed E-state index contributed by atoms with van der Waals surface area (Å²) in [5, 5.41) is 9.01. The molecule has 2 atom stereocenters. The van der Waals surface area contributed by atoms with E-state index in [1.807, 2.05) is 4.90 Å². The first-order valence-corrected chi connectivity index (χ1v) is 7.25. The number of morpholine rings is 1. The lowest BCUT2D eigenvalue weighted by molar-refractivity contribution is -0.170. The van der Waals surface area contributed by atoms with Crippen LogP contribution < -0.4 is 0 Å². The van der Waals surface area contributed by atoms with Crippen LogP contribution in [0.15, 0.2) is 0 Å². The first-order chi connectivity index (χ1) is 9.10. The van der Waals surface area contributed by atoms with E-state index in [1.54, 1.807) is 0 Å².